The number of carbonyl (C=O) groups is 1. The van der Waals surface area contributed by atoms with Gasteiger partial charge in [0.05, 0.1) is 16.0 Å². The van der Waals surface area contributed by atoms with Crippen molar-refractivity contribution < 1.29 is 4.79 Å². The van der Waals surface area contributed by atoms with Crippen LogP contribution in [0.4, 0.5) is 5.69 Å². The van der Waals surface area contributed by atoms with Gasteiger partial charge >= 0.3 is 0 Å². The van der Waals surface area contributed by atoms with Crippen LogP contribution in [0, 0.1) is 6.92 Å². The van der Waals surface area contributed by atoms with Crippen LogP contribution in [0.3, 0.4) is 0 Å². The van der Waals surface area contributed by atoms with Crippen LogP contribution in [0.25, 0.3) is 10.2 Å². The van der Waals surface area contributed by atoms with Gasteiger partial charge in [-0.25, -0.2) is 4.98 Å². The monoisotopic (exact) mass is 466 g/mol. The van der Waals surface area contributed by atoms with E-state index >= 15 is 0 Å². The molecule has 0 fully saturated rings. The molecule has 2 aromatic carbocycles. The van der Waals surface area contributed by atoms with Crippen LogP contribution in [0.15, 0.2) is 69.6 Å². The van der Waals surface area contributed by atoms with Crippen LogP contribution >= 0.6 is 34.7 Å². The van der Waals surface area contributed by atoms with Crippen molar-refractivity contribution in [2.45, 2.75) is 12.1 Å². The number of halogens is 1. The second-order valence-corrected chi connectivity index (χ2v) is 9.29. The number of hydrogen-bond donors (Lipinski definition) is 1. The van der Waals surface area contributed by atoms with Crippen LogP contribution in [0.1, 0.15) is 20.8 Å². The van der Waals surface area contributed by atoms with Crippen molar-refractivity contribution in [2.75, 3.05) is 11.1 Å². The highest BCUT2D eigenvalue weighted by Gasteiger charge is 2.24. The number of hydrogen-bond acceptors (Lipinski definition) is 6. The Hall–Kier alpha value is -2.94. The largest absolute Gasteiger partial charge is 0.321 e. The van der Waals surface area contributed by atoms with E-state index in [1.165, 1.54) is 27.8 Å². The molecule has 5 rings (SSSR count). The van der Waals surface area contributed by atoms with Crippen LogP contribution in [-0.2, 0) is 0 Å². The fraction of sp³-hybridized carbons (Fsp3) is 0.0909. The van der Waals surface area contributed by atoms with Crippen molar-refractivity contribution in [3.8, 4) is 0 Å². The Bertz CT molecular complexity index is 1430. The molecule has 1 aliphatic rings. The average molecular weight is 467 g/mol. The molecule has 154 valence electrons. The average Bonchev–Trinajstić information content (AvgIpc) is 3.11. The number of benzene rings is 2. The van der Waals surface area contributed by atoms with Crippen molar-refractivity contribution in [3.63, 3.8) is 0 Å². The minimum absolute atomic E-state index is 0.267. The lowest BCUT2D eigenvalue weighted by atomic mass is 10.1. The van der Waals surface area contributed by atoms with Crippen LogP contribution in [0.5, 0.6) is 0 Å². The Morgan fingerprint density at radius 1 is 1.16 bits per heavy atom. The molecule has 0 atom stereocenters. The summed E-state index contributed by atoms with van der Waals surface area (Å²) < 4.78 is 1.34. The van der Waals surface area contributed by atoms with E-state index in [1.807, 2.05) is 30.3 Å². The Morgan fingerprint density at radius 3 is 2.74 bits per heavy atom. The quantitative estimate of drug-likeness (QED) is 0.429. The van der Waals surface area contributed by atoms with Gasteiger partial charge < -0.3 is 5.32 Å². The Labute approximate surface area is 190 Å². The molecule has 9 heteroatoms. The van der Waals surface area contributed by atoms with Crippen LogP contribution in [-0.4, -0.2) is 27.0 Å². The van der Waals surface area contributed by atoms with Gasteiger partial charge in [0.1, 0.15) is 4.83 Å². The second-order valence-electron chi connectivity index (χ2n) is 6.91. The molecule has 3 heterocycles. The number of carbonyl (C=O) groups excluding carboxylic acids is 1. The molecule has 1 amide bonds. The topological polar surface area (TPSA) is 76.3 Å². The van der Waals surface area contributed by atoms with Gasteiger partial charge in [0.15, 0.2) is 5.16 Å². The molecule has 0 radical (unpaired) electrons. The molecule has 0 spiro atoms. The van der Waals surface area contributed by atoms with E-state index in [0.717, 1.165) is 11.3 Å². The van der Waals surface area contributed by atoms with Crippen molar-refractivity contribution in [1.82, 2.24) is 9.66 Å². The standard InChI is InChI=1S/C22H15ClN4O2S2/c1-12-17-20(31-18(12)19(28)24-15-9-5-8-14(23)10-15)25-22-27(21(17)29)26-16(11-30-22)13-6-3-2-4-7-13/h2-10H,11H2,1H3,(H,24,28). The summed E-state index contributed by atoms with van der Waals surface area (Å²) in [7, 11) is 0. The number of aromatic nitrogens is 2. The minimum atomic E-state index is -0.300. The minimum Gasteiger partial charge on any atom is -0.321 e. The molecule has 0 unspecified atom stereocenters. The van der Waals surface area contributed by atoms with Gasteiger partial charge in [0.25, 0.3) is 11.5 Å². The van der Waals surface area contributed by atoms with Gasteiger partial charge in [0, 0.05) is 16.5 Å². The molecule has 1 N–H and O–H groups in total. The highest BCUT2D eigenvalue weighted by Crippen LogP contribution is 2.31. The van der Waals surface area contributed by atoms with Crippen molar-refractivity contribution >= 4 is 62.2 Å². The third kappa shape index (κ3) is 3.67. The fourth-order valence-corrected chi connectivity index (χ4v) is 5.57. The number of nitrogens with one attached hydrogen (secondary N) is 1. The first kappa shape index (κ1) is 20.0. The summed E-state index contributed by atoms with van der Waals surface area (Å²) in [5.41, 5.74) is 2.70. The first-order valence-electron chi connectivity index (χ1n) is 9.40. The zero-order chi connectivity index (χ0) is 21.5. The van der Waals surface area contributed by atoms with E-state index in [1.54, 1.807) is 31.2 Å². The third-order valence-corrected chi connectivity index (χ3v) is 7.23. The maximum atomic E-state index is 13.3. The Balaban J connectivity index is 1.57. The number of thioether (sulfide) groups is 1. The van der Waals surface area contributed by atoms with E-state index < -0.39 is 0 Å². The highest BCUT2D eigenvalue weighted by molar-refractivity contribution is 7.99. The van der Waals surface area contributed by atoms with E-state index in [9.17, 15) is 9.59 Å². The van der Waals surface area contributed by atoms with Gasteiger partial charge in [-0.1, -0.05) is 59.8 Å². The first-order chi connectivity index (χ1) is 15.0. The molecule has 4 aromatic rings. The van der Waals surface area contributed by atoms with E-state index in [2.05, 4.69) is 15.4 Å². The number of aryl methyl sites for hydroxylation is 1. The lowest BCUT2D eigenvalue weighted by Gasteiger charge is -2.15. The van der Waals surface area contributed by atoms with Gasteiger partial charge in [0.2, 0.25) is 0 Å². The Morgan fingerprint density at radius 2 is 1.97 bits per heavy atom. The molecular weight excluding hydrogens is 452 g/mol. The number of anilines is 1. The maximum absolute atomic E-state index is 13.3. The van der Waals surface area contributed by atoms with E-state index in [0.29, 0.717) is 42.3 Å². The van der Waals surface area contributed by atoms with Gasteiger partial charge in [-0.2, -0.15) is 9.78 Å². The van der Waals surface area contributed by atoms with E-state index in [4.69, 9.17) is 11.6 Å². The first-order valence-corrected chi connectivity index (χ1v) is 11.6. The molecule has 6 nitrogen and oxygen atoms in total. The van der Waals surface area contributed by atoms with Crippen LogP contribution in [0.2, 0.25) is 5.02 Å². The zero-order valence-corrected chi connectivity index (χ0v) is 18.6. The molecule has 2 aromatic heterocycles. The number of rotatable bonds is 3. The smallest absolute Gasteiger partial charge is 0.283 e. The van der Waals surface area contributed by atoms with Crippen molar-refractivity contribution in [1.29, 1.82) is 0 Å². The normalized spacial score (nSPS) is 13.0. The number of fused-ring (bicyclic) bond motifs is 2. The summed E-state index contributed by atoms with van der Waals surface area (Å²) in [6.07, 6.45) is 0. The number of amides is 1. The highest BCUT2D eigenvalue weighted by atomic mass is 35.5. The molecule has 1 aliphatic heterocycles. The lowest BCUT2D eigenvalue weighted by molar-refractivity contribution is 0.103. The van der Waals surface area contributed by atoms with Crippen molar-refractivity contribution in [2.24, 2.45) is 5.10 Å². The van der Waals surface area contributed by atoms with Gasteiger partial charge in [-0.15, -0.1) is 11.3 Å². The summed E-state index contributed by atoms with van der Waals surface area (Å²) in [4.78, 5) is 31.8. The predicted octanol–water partition coefficient (Wildman–Crippen LogP) is 5.03. The molecule has 31 heavy (non-hydrogen) atoms. The summed E-state index contributed by atoms with van der Waals surface area (Å²) in [5.74, 6) is 0.320. The molecule has 0 saturated heterocycles. The molecule has 0 bridgehead atoms. The lowest BCUT2D eigenvalue weighted by Crippen LogP contribution is -2.25. The maximum Gasteiger partial charge on any atom is 0.283 e. The second kappa shape index (κ2) is 7.96. The molecular formula is C22H15ClN4O2S2. The van der Waals surface area contributed by atoms with E-state index in [-0.39, 0.29) is 11.5 Å². The molecule has 0 aliphatic carbocycles. The number of thiophene rings is 1. The summed E-state index contributed by atoms with van der Waals surface area (Å²) in [6.45, 7) is 1.76. The fourth-order valence-electron chi connectivity index (χ4n) is 3.36. The van der Waals surface area contributed by atoms with Gasteiger partial charge in [-0.3, -0.25) is 9.59 Å². The SMILES string of the molecule is Cc1c(C(=O)Nc2cccc(Cl)c2)sc2nc3n(c(=O)c12)N=C(c1ccccc1)CS3. The Kier molecular flexibility index (Phi) is 5.13. The van der Waals surface area contributed by atoms with Gasteiger partial charge in [-0.05, 0) is 36.2 Å². The summed E-state index contributed by atoms with van der Waals surface area (Å²) in [5, 5.41) is 8.88. The van der Waals surface area contributed by atoms with Crippen LogP contribution < -0.4 is 10.9 Å². The zero-order valence-electron chi connectivity index (χ0n) is 16.3. The van der Waals surface area contributed by atoms with Crippen molar-refractivity contribution in [3.05, 3.63) is 86.0 Å². The predicted molar refractivity (Wildman–Crippen MR) is 127 cm³/mol. The summed E-state index contributed by atoms with van der Waals surface area (Å²) in [6, 6.07) is 16.7. The molecule has 0 saturated carbocycles. The third-order valence-electron chi connectivity index (χ3n) is 4.87. The summed E-state index contributed by atoms with van der Waals surface area (Å²) >= 11 is 8.67. The number of nitrogens with zero attached hydrogens (tertiary/aromatic N) is 3.